The standard InChI is InChI=1S/C13H9ClN4O/c14-12-7-6-10(17-18-12)13(19)16-11(8-15)9-4-2-1-3-5-9/h1-7,11H,(H,16,19). The van der Waals surface area contributed by atoms with Crippen LogP contribution in [0.3, 0.4) is 0 Å². The number of nitrogens with zero attached hydrogens (tertiary/aromatic N) is 3. The molecule has 2 rings (SSSR count). The predicted octanol–water partition coefficient (Wildman–Crippen LogP) is 2.12. The van der Waals surface area contributed by atoms with Gasteiger partial charge in [-0.3, -0.25) is 4.79 Å². The van der Waals surface area contributed by atoms with Crippen molar-refractivity contribution in [1.82, 2.24) is 15.5 Å². The van der Waals surface area contributed by atoms with Crippen LogP contribution in [0, 0.1) is 11.3 Å². The van der Waals surface area contributed by atoms with Crippen LogP contribution >= 0.6 is 11.6 Å². The van der Waals surface area contributed by atoms with E-state index in [-0.39, 0.29) is 10.8 Å². The number of carbonyl (C=O) groups excluding carboxylic acids is 1. The molecule has 0 radical (unpaired) electrons. The van der Waals surface area contributed by atoms with Crippen molar-refractivity contribution in [2.45, 2.75) is 6.04 Å². The van der Waals surface area contributed by atoms with E-state index in [9.17, 15) is 4.79 Å². The molecule has 1 aromatic heterocycles. The van der Waals surface area contributed by atoms with Gasteiger partial charge in [-0.1, -0.05) is 41.9 Å². The maximum atomic E-state index is 11.9. The minimum Gasteiger partial charge on any atom is -0.331 e. The SMILES string of the molecule is N#CC(NC(=O)c1ccc(Cl)nn1)c1ccccc1. The summed E-state index contributed by atoms with van der Waals surface area (Å²) >= 11 is 5.59. The van der Waals surface area contributed by atoms with Crippen LogP contribution < -0.4 is 5.32 Å². The van der Waals surface area contributed by atoms with Crippen molar-refractivity contribution in [3.05, 3.63) is 58.9 Å². The molecule has 1 aromatic carbocycles. The average molecular weight is 273 g/mol. The second-order valence-electron chi connectivity index (χ2n) is 3.69. The van der Waals surface area contributed by atoms with E-state index in [0.29, 0.717) is 5.56 Å². The molecule has 0 spiro atoms. The maximum Gasteiger partial charge on any atom is 0.273 e. The van der Waals surface area contributed by atoms with Crippen molar-refractivity contribution in [3.63, 3.8) is 0 Å². The Morgan fingerprint density at radius 3 is 2.53 bits per heavy atom. The van der Waals surface area contributed by atoms with Crippen LogP contribution in [0.5, 0.6) is 0 Å². The van der Waals surface area contributed by atoms with Crippen LogP contribution in [-0.2, 0) is 0 Å². The average Bonchev–Trinajstić information content (AvgIpc) is 2.46. The number of hydrogen-bond donors (Lipinski definition) is 1. The highest BCUT2D eigenvalue weighted by Crippen LogP contribution is 2.12. The number of aromatic nitrogens is 2. The van der Waals surface area contributed by atoms with Gasteiger partial charge in [0.1, 0.15) is 6.04 Å². The van der Waals surface area contributed by atoms with Gasteiger partial charge in [0, 0.05) is 0 Å². The molecule has 0 aliphatic rings. The molecule has 19 heavy (non-hydrogen) atoms. The number of nitriles is 1. The van der Waals surface area contributed by atoms with Crippen LogP contribution in [0.25, 0.3) is 0 Å². The van der Waals surface area contributed by atoms with Crippen molar-refractivity contribution in [2.75, 3.05) is 0 Å². The van der Waals surface area contributed by atoms with Gasteiger partial charge in [0.2, 0.25) is 0 Å². The molecule has 0 aliphatic carbocycles. The van der Waals surface area contributed by atoms with Gasteiger partial charge in [0.25, 0.3) is 5.91 Å². The Morgan fingerprint density at radius 2 is 1.95 bits per heavy atom. The van der Waals surface area contributed by atoms with Gasteiger partial charge in [-0.2, -0.15) is 5.26 Å². The van der Waals surface area contributed by atoms with E-state index >= 15 is 0 Å². The molecule has 0 fully saturated rings. The van der Waals surface area contributed by atoms with E-state index in [0.717, 1.165) is 0 Å². The van der Waals surface area contributed by atoms with Gasteiger partial charge in [-0.05, 0) is 17.7 Å². The Labute approximate surface area is 114 Å². The van der Waals surface area contributed by atoms with E-state index in [1.807, 2.05) is 12.1 Å². The summed E-state index contributed by atoms with van der Waals surface area (Å²) in [5.74, 6) is -0.473. The summed E-state index contributed by atoms with van der Waals surface area (Å²) in [6.45, 7) is 0. The van der Waals surface area contributed by atoms with Crippen molar-refractivity contribution >= 4 is 17.5 Å². The normalized spacial score (nSPS) is 11.4. The number of rotatable bonds is 3. The molecule has 1 amide bonds. The van der Waals surface area contributed by atoms with E-state index in [2.05, 4.69) is 15.5 Å². The minimum atomic E-state index is -0.730. The van der Waals surface area contributed by atoms with Crippen LogP contribution in [0.2, 0.25) is 5.15 Å². The zero-order valence-electron chi connectivity index (χ0n) is 9.75. The molecule has 0 saturated heterocycles. The third-order valence-corrected chi connectivity index (χ3v) is 2.60. The first-order valence-corrected chi connectivity index (χ1v) is 5.83. The van der Waals surface area contributed by atoms with Gasteiger partial charge in [-0.15, -0.1) is 10.2 Å². The van der Waals surface area contributed by atoms with Crippen LogP contribution in [-0.4, -0.2) is 16.1 Å². The van der Waals surface area contributed by atoms with Crippen molar-refractivity contribution in [1.29, 1.82) is 5.26 Å². The number of hydrogen-bond acceptors (Lipinski definition) is 4. The number of benzene rings is 1. The molecule has 2 aromatic rings. The predicted molar refractivity (Wildman–Crippen MR) is 69.3 cm³/mol. The maximum absolute atomic E-state index is 11.9. The number of nitrogens with one attached hydrogen (secondary N) is 1. The quantitative estimate of drug-likeness (QED) is 0.928. The third-order valence-electron chi connectivity index (χ3n) is 2.40. The lowest BCUT2D eigenvalue weighted by molar-refractivity contribution is 0.0939. The zero-order valence-corrected chi connectivity index (χ0v) is 10.5. The van der Waals surface area contributed by atoms with Gasteiger partial charge in [0.05, 0.1) is 6.07 Å². The lowest BCUT2D eigenvalue weighted by Gasteiger charge is -2.11. The van der Waals surface area contributed by atoms with E-state index in [4.69, 9.17) is 16.9 Å². The molecule has 5 nitrogen and oxygen atoms in total. The monoisotopic (exact) mass is 272 g/mol. The number of halogens is 1. The zero-order chi connectivity index (χ0) is 13.7. The lowest BCUT2D eigenvalue weighted by Crippen LogP contribution is -2.28. The van der Waals surface area contributed by atoms with Gasteiger partial charge in [-0.25, -0.2) is 0 Å². The van der Waals surface area contributed by atoms with Gasteiger partial charge >= 0.3 is 0 Å². The van der Waals surface area contributed by atoms with Crippen LogP contribution in [0.4, 0.5) is 0 Å². The van der Waals surface area contributed by atoms with Crippen molar-refractivity contribution in [3.8, 4) is 6.07 Å². The highest BCUT2D eigenvalue weighted by molar-refractivity contribution is 6.29. The van der Waals surface area contributed by atoms with E-state index < -0.39 is 11.9 Å². The molecule has 94 valence electrons. The topological polar surface area (TPSA) is 78.7 Å². The van der Waals surface area contributed by atoms with Gasteiger partial charge < -0.3 is 5.32 Å². The molecule has 1 N–H and O–H groups in total. The first kappa shape index (κ1) is 13.0. The fourth-order valence-corrected chi connectivity index (χ4v) is 1.58. The van der Waals surface area contributed by atoms with Crippen molar-refractivity contribution in [2.24, 2.45) is 0 Å². The molecule has 1 heterocycles. The highest BCUT2D eigenvalue weighted by atomic mass is 35.5. The summed E-state index contributed by atoms with van der Waals surface area (Å²) in [6.07, 6.45) is 0. The molecule has 1 atom stereocenters. The molecule has 0 aliphatic heterocycles. The fraction of sp³-hybridized carbons (Fsp3) is 0.0769. The largest absolute Gasteiger partial charge is 0.331 e. The number of amides is 1. The summed E-state index contributed by atoms with van der Waals surface area (Å²) in [5, 5.41) is 19.1. The Balaban J connectivity index is 2.13. The Bertz CT molecular complexity index is 607. The second-order valence-corrected chi connectivity index (χ2v) is 4.07. The lowest BCUT2D eigenvalue weighted by atomic mass is 10.1. The third kappa shape index (κ3) is 3.27. The summed E-state index contributed by atoms with van der Waals surface area (Å²) in [5.41, 5.74) is 0.820. The summed E-state index contributed by atoms with van der Waals surface area (Å²) in [7, 11) is 0. The minimum absolute atomic E-state index is 0.112. The van der Waals surface area contributed by atoms with Crippen molar-refractivity contribution < 1.29 is 4.79 Å². The Morgan fingerprint density at radius 1 is 1.21 bits per heavy atom. The Hall–Kier alpha value is -2.45. The van der Waals surface area contributed by atoms with E-state index in [1.54, 1.807) is 24.3 Å². The smallest absolute Gasteiger partial charge is 0.273 e. The van der Waals surface area contributed by atoms with Crippen LogP contribution in [0.1, 0.15) is 22.1 Å². The fourth-order valence-electron chi connectivity index (χ4n) is 1.48. The van der Waals surface area contributed by atoms with Crippen LogP contribution in [0.15, 0.2) is 42.5 Å². The first-order valence-electron chi connectivity index (χ1n) is 5.45. The summed E-state index contributed by atoms with van der Waals surface area (Å²) in [4.78, 5) is 11.9. The Kier molecular flexibility index (Phi) is 4.06. The highest BCUT2D eigenvalue weighted by Gasteiger charge is 2.15. The van der Waals surface area contributed by atoms with E-state index in [1.165, 1.54) is 12.1 Å². The number of carbonyl (C=O) groups is 1. The molecular weight excluding hydrogens is 264 g/mol. The molecule has 0 bridgehead atoms. The molecular formula is C13H9ClN4O. The summed E-state index contributed by atoms with van der Waals surface area (Å²) in [6, 6.07) is 13.2. The molecule has 1 unspecified atom stereocenters. The van der Waals surface area contributed by atoms with Gasteiger partial charge in [0.15, 0.2) is 10.8 Å². The molecule has 0 saturated carbocycles. The summed E-state index contributed by atoms with van der Waals surface area (Å²) < 4.78 is 0. The first-order chi connectivity index (χ1) is 9.20. The second kappa shape index (κ2) is 5.94. The molecule has 6 heteroatoms.